The molecule has 0 unspecified atom stereocenters. The quantitative estimate of drug-likeness (QED) is 0.740. The number of rotatable bonds is 6. The highest BCUT2D eigenvalue weighted by molar-refractivity contribution is 6.33. The van der Waals surface area contributed by atoms with Crippen LogP contribution in [0.15, 0.2) is 24.3 Å². The van der Waals surface area contributed by atoms with Crippen molar-refractivity contribution < 1.29 is 9.59 Å². The summed E-state index contributed by atoms with van der Waals surface area (Å²) in [4.78, 5) is 22.6. The van der Waals surface area contributed by atoms with Crippen LogP contribution in [0.1, 0.15) is 20.3 Å². The second kappa shape index (κ2) is 6.54. The van der Waals surface area contributed by atoms with Crippen molar-refractivity contribution in [3.63, 3.8) is 0 Å². The van der Waals surface area contributed by atoms with Gasteiger partial charge in [0, 0.05) is 12.0 Å². The van der Waals surface area contributed by atoms with E-state index in [0.717, 1.165) is 0 Å². The molecule has 104 valence electrons. The van der Waals surface area contributed by atoms with Gasteiger partial charge in [0.15, 0.2) is 0 Å². The van der Waals surface area contributed by atoms with Crippen molar-refractivity contribution in [2.24, 2.45) is 5.73 Å². The molecule has 0 spiro atoms. The Labute approximate surface area is 117 Å². The van der Waals surface area contributed by atoms with Crippen molar-refractivity contribution in [2.45, 2.75) is 25.8 Å². The third kappa shape index (κ3) is 5.72. The number of nitrogens with one attached hydrogen (secondary N) is 2. The third-order valence-electron chi connectivity index (χ3n) is 2.49. The van der Waals surface area contributed by atoms with Crippen molar-refractivity contribution in [1.82, 2.24) is 5.32 Å². The Balaban J connectivity index is 2.49. The summed E-state index contributed by atoms with van der Waals surface area (Å²) in [6.07, 6.45) is 0.159. The number of carbonyl (C=O) groups excluding carboxylic acids is 2. The molecule has 0 bridgehead atoms. The van der Waals surface area contributed by atoms with Crippen LogP contribution >= 0.6 is 11.6 Å². The molecule has 0 radical (unpaired) electrons. The first-order valence-electron chi connectivity index (χ1n) is 5.88. The molecule has 0 fully saturated rings. The molecule has 0 atom stereocenters. The molecule has 0 heterocycles. The molecule has 0 aliphatic heterocycles. The highest BCUT2D eigenvalue weighted by atomic mass is 35.5. The maximum atomic E-state index is 11.7. The molecule has 6 heteroatoms. The molecule has 1 aromatic carbocycles. The van der Waals surface area contributed by atoms with E-state index in [1.165, 1.54) is 0 Å². The molecule has 0 saturated carbocycles. The van der Waals surface area contributed by atoms with E-state index in [2.05, 4.69) is 10.6 Å². The van der Waals surface area contributed by atoms with Crippen LogP contribution in [0, 0.1) is 0 Å². The number of para-hydroxylation sites is 1. The average Bonchev–Trinajstić information content (AvgIpc) is 2.28. The van der Waals surface area contributed by atoms with Gasteiger partial charge in [-0.05, 0) is 26.0 Å². The molecular weight excluding hydrogens is 266 g/mol. The normalized spacial score (nSPS) is 11.1. The topological polar surface area (TPSA) is 84.2 Å². The summed E-state index contributed by atoms with van der Waals surface area (Å²) >= 11 is 5.93. The Bertz CT molecular complexity index is 475. The standard InChI is InChI=1S/C13H18ClN3O2/c1-13(2,7-11(15)18)16-8-12(19)17-10-6-4-3-5-9(10)14/h3-6,16H,7-8H2,1-2H3,(H2,15,18)(H,17,19). The lowest BCUT2D eigenvalue weighted by Gasteiger charge is -2.24. The SMILES string of the molecule is CC(C)(CC(N)=O)NCC(=O)Nc1ccccc1Cl. The monoisotopic (exact) mass is 283 g/mol. The summed E-state index contributed by atoms with van der Waals surface area (Å²) < 4.78 is 0. The van der Waals surface area contributed by atoms with E-state index >= 15 is 0 Å². The number of benzene rings is 1. The van der Waals surface area contributed by atoms with Gasteiger partial charge in [-0.3, -0.25) is 9.59 Å². The van der Waals surface area contributed by atoms with E-state index in [0.29, 0.717) is 10.7 Å². The molecule has 5 nitrogen and oxygen atoms in total. The zero-order valence-corrected chi connectivity index (χ0v) is 11.8. The summed E-state index contributed by atoms with van der Waals surface area (Å²) in [5.41, 5.74) is 5.17. The zero-order chi connectivity index (χ0) is 14.5. The number of amides is 2. The van der Waals surface area contributed by atoms with E-state index < -0.39 is 11.4 Å². The van der Waals surface area contributed by atoms with Crippen molar-refractivity contribution in [3.05, 3.63) is 29.3 Å². The second-order valence-electron chi connectivity index (χ2n) is 4.91. The zero-order valence-electron chi connectivity index (χ0n) is 11.0. The number of anilines is 1. The number of hydrogen-bond acceptors (Lipinski definition) is 3. The molecule has 0 saturated heterocycles. The van der Waals surface area contributed by atoms with Crippen molar-refractivity contribution >= 4 is 29.1 Å². The lowest BCUT2D eigenvalue weighted by molar-refractivity contribution is -0.120. The number of nitrogens with two attached hydrogens (primary N) is 1. The van der Waals surface area contributed by atoms with Gasteiger partial charge in [0.1, 0.15) is 0 Å². The molecular formula is C13H18ClN3O2. The van der Waals surface area contributed by atoms with Crippen molar-refractivity contribution in [1.29, 1.82) is 0 Å². The largest absolute Gasteiger partial charge is 0.370 e. The van der Waals surface area contributed by atoms with Crippen molar-refractivity contribution in [2.75, 3.05) is 11.9 Å². The van der Waals surface area contributed by atoms with Crippen LogP contribution in [0.4, 0.5) is 5.69 Å². The molecule has 0 aliphatic rings. The minimum atomic E-state index is -0.524. The Morgan fingerprint density at radius 3 is 2.53 bits per heavy atom. The number of hydrogen-bond donors (Lipinski definition) is 3. The minimum absolute atomic E-state index is 0.0749. The van der Waals surface area contributed by atoms with E-state index in [4.69, 9.17) is 17.3 Å². The molecule has 1 aromatic rings. The lowest BCUT2D eigenvalue weighted by Crippen LogP contribution is -2.46. The van der Waals surface area contributed by atoms with Crippen LogP contribution in [0.5, 0.6) is 0 Å². The second-order valence-corrected chi connectivity index (χ2v) is 5.32. The van der Waals surface area contributed by atoms with E-state index in [-0.39, 0.29) is 18.9 Å². The fraction of sp³-hybridized carbons (Fsp3) is 0.385. The smallest absolute Gasteiger partial charge is 0.238 e. The summed E-state index contributed by atoms with van der Waals surface area (Å²) in [5.74, 6) is -0.644. The first kappa shape index (κ1) is 15.5. The average molecular weight is 284 g/mol. The van der Waals surface area contributed by atoms with Crippen LogP contribution in [-0.2, 0) is 9.59 Å². The van der Waals surface area contributed by atoms with Crippen LogP contribution in [0.2, 0.25) is 5.02 Å². The third-order valence-corrected chi connectivity index (χ3v) is 2.82. The van der Waals surface area contributed by atoms with Gasteiger partial charge < -0.3 is 16.4 Å². The summed E-state index contributed by atoms with van der Waals surface area (Å²) in [6.45, 7) is 3.69. The van der Waals surface area contributed by atoms with Gasteiger partial charge in [-0.25, -0.2) is 0 Å². The van der Waals surface area contributed by atoms with Gasteiger partial charge in [0.25, 0.3) is 0 Å². The molecule has 2 amide bonds. The predicted molar refractivity (Wildman–Crippen MR) is 76.0 cm³/mol. The highest BCUT2D eigenvalue weighted by Crippen LogP contribution is 2.20. The first-order chi connectivity index (χ1) is 8.80. The van der Waals surface area contributed by atoms with Crippen LogP contribution in [-0.4, -0.2) is 23.9 Å². The number of carbonyl (C=O) groups is 2. The van der Waals surface area contributed by atoms with E-state index in [9.17, 15) is 9.59 Å². The number of halogens is 1. The summed E-state index contributed by atoms with van der Waals surface area (Å²) in [5, 5.41) is 6.14. The Kier molecular flexibility index (Phi) is 5.32. The Morgan fingerprint density at radius 1 is 1.32 bits per heavy atom. The molecule has 0 aliphatic carbocycles. The predicted octanol–water partition coefficient (Wildman–Crippen LogP) is 1.52. The summed E-state index contributed by atoms with van der Waals surface area (Å²) in [7, 11) is 0. The first-order valence-corrected chi connectivity index (χ1v) is 6.26. The maximum Gasteiger partial charge on any atom is 0.238 e. The van der Waals surface area contributed by atoms with Crippen molar-refractivity contribution in [3.8, 4) is 0 Å². The summed E-state index contributed by atoms with van der Waals surface area (Å²) in [6, 6.07) is 6.98. The fourth-order valence-corrected chi connectivity index (χ4v) is 1.76. The van der Waals surface area contributed by atoms with Crippen LogP contribution < -0.4 is 16.4 Å². The van der Waals surface area contributed by atoms with E-state index in [1.807, 2.05) is 0 Å². The molecule has 0 aromatic heterocycles. The molecule has 1 rings (SSSR count). The van der Waals surface area contributed by atoms with Gasteiger partial charge in [-0.15, -0.1) is 0 Å². The maximum absolute atomic E-state index is 11.7. The highest BCUT2D eigenvalue weighted by Gasteiger charge is 2.20. The van der Waals surface area contributed by atoms with Gasteiger partial charge in [-0.2, -0.15) is 0 Å². The minimum Gasteiger partial charge on any atom is -0.370 e. The van der Waals surface area contributed by atoms with Crippen LogP contribution in [0.3, 0.4) is 0 Å². The van der Waals surface area contributed by atoms with E-state index in [1.54, 1.807) is 38.1 Å². The molecule has 19 heavy (non-hydrogen) atoms. The Morgan fingerprint density at radius 2 is 1.95 bits per heavy atom. The van der Waals surface area contributed by atoms with Crippen LogP contribution in [0.25, 0.3) is 0 Å². The van der Waals surface area contributed by atoms with Gasteiger partial charge in [-0.1, -0.05) is 23.7 Å². The molecule has 4 N–H and O–H groups in total. The lowest BCUT2D eigenvalue weighted by atomic mass is 10.0. The van der Waals surface area contributed by atoms with Gasteiger partial charge in [0.2, 0.25) is 11.8 Å². The van der Waals surface area contributed by atoms with Gasteiger partial charge >= 0.3 is 0 Å². The Hall–Kier alpha value is -1.59. The number of primary amides is 1. The van der Waals surface area contributed by atoms with Gasteiger partial charge in [0.05, 0.1) is 17.3 Å². The fourth-order valence-electron chi connectivity index (χ4n) is 1.57.